The Bertz CT molecular complexity index is 1630. The van der Waals surface area contributed by atoms with Crippen LogP contribution in [-0.2, 0) is 17.4 Å². The number of aliphatic hydroxyl groups excluding tert-OH is 1. The molecule has 1 N–H and O–H groups in total. The van der Waals surface area contributed by atoms with Crippen LogP contribution in [0.4, 0.5) is 25.0 Å². The molecule has 2 aromatic carbocycles. The number of halogens is 3. The van der Waals surface area contributed by atoms with E-state index >= 15 is 0 Å². The molecule has 1 amide bonds. The van der Waals surface area contributed by atoms with E-state index in [4.69, 9.17) is 4.42 Å². The number of piperidine rings is 1. The number of piperazine rings is 1. The molecule has 4 heterocycles. The van der Waals surface area contributed by atoms with Gasteiger partial charge in [-0.3, -0.25) is 9.59 Å². The summed E-state index contributed by atoms with van der Waals surface area (Å²) in [6.07, 6.45) is -3.49. The van der Waals surface area contributed by atoms with Gasteiger partial charge in [0.15, 0.2) is 11.8 Å². The largest absolute Gasteiger partial charge is 0.437 e. The monoisotopic (exact) mass is 633 g/mol. The summed E-state index contributed by atoms with van der Waals surface area (Å²) in [7, 11) is 0. The number of carbonyl (C=O) groups excluding carboxylic acids is 2. The summed E-state index contributed by atoms with van der Waals surface area (Å²) < 4.78 is 47.3. The first kappa shape index (κ1) is 31.3. The molecule has 1 atom stereocenters. The summed E-state index contributed by atoms with van der Waals surface area (Å²) in [6, 6.07) is 21.9. The van der Waals surface area contributed by atoms with Crippen molar-refractivity contribution < 1.29 is 32.3 Å². The molecule has 2 fully saturated rings. The van der Waals surface area contributed by atoms with E-state index in [-0.39, 0.29) is 18.3 Å². The van der Waals surface area contributed by atoms with Gasteiger partial charge >= 0.3 is 6.18 Å². The van der Waals surface area contributed by atoms with E-state index in [1.54, 1.807) is 46.2 Å². The number of benzene rings is 2. The summed E-state index contributed by atoms with van der Waals surface area (Å²) in [5, 5.41) is 10.5. The average molecular weight is 634 g/mol. The third-order valence-corrected chi connectivity index (χ3v) is 8.61. The smallest absolute Gasteiger partial charge is 0.420 e. The van der Waals surface area contributed by atoms with Gasteiger partial charge in [-0.05, 0) is 41.5 Å². The summed E-state index contributed by atoms with van der Waals surface area (Å²) in [6.45, 7) is 2.68. The highest BCUT2D eigenvalue weighted by Gasteiger charge is 2.42. The number of anilines is 2. The molecule has 12 heteroatoms. The average Bonchev–Trinajstić information content (AvgIpc) is 3.56. The fraction of sp³-hybridized carbons (Fsp3) is 0.353. The normalized spacial score (nSPS) is 16.8. The minimum atomic E-state index is -4.85. The van der Waals surface area contributed by atoms with E-state index in [1.165, 1.54) is 11.8 Å². The van der Waals surface area contributed by atoms with E-state index in [1.807, 2.05) is 41.3 Å². The first-order valence-electron chi connectivity index (χ1n) is 15.3. The van der Waals surface area contributed by atoms with Crippen molar-refractivity contribution in [2.75, 3.05) is 49.1 Å². The predicted molar refractivity (Wildman–Crippen MR) is 165 cm³/mol. The number of ketones is 1. The number of nitrogens with zero attached hydrogens (tertiary/aromatic N) is 5. The number of hydrogen-bond acceptors (Lipinski definition) is 8. The van der Waals surface area contributed by atoms with Crippen LogP contribution in [0.3, 0.4) is 0 Å². The van der Waals surface area contributed by atoms with Gasteiger partial charge in [0, 0.05) is 51.9 Å². The Hall–Kier alpha value is -4.71. The number of carbonyl (C=O) groups is 2. The highest BCUT2D eigenvalue weighted by molar-refractivity contribution is 5.96. The summed E-state index contributed by atoms with van der Waals surface area (Å²) in [5.74, 6) is -1.08. The molecule has 0 spiro atoms. The lowest BCUT2D eigenvalue weighted by Crippen LogP contribution is -2.50. The highest BCUT2D eigenvalue weighted by Crippen LogP contribution is 2.37. The van der Waals surface area contributed by atoms with Crippen LogP contribution in [0.1, 0.15) is 57.8 Å². The van der Waals surface area contributed by atoms with Gasteiger partial charge in [0.05, 0.1) is 0 Å². The SMILES string of the molecule is O=C(Cc1ccc(N2CCN(C(=O)[C@H](O)c3ccccc3)CC2)nc1)c1oc(N2CCC(c3ccccc3)CC2)nc1C(F)(F)F. The second-order valence-corrected chi connectivity index (χ2v) is 11.6. The van der Waals surface area contributed by atoms with E-state index in [2.05, 4.69) is 9.97 Å². The Kier molecular flexibility index (Phi) is 9.07. The molecule has 9 nitrogen and oxygen atoms in total. The highest BCUT2D eigenvalue weighted by atomic mass is 19.4. The minimum Gasteiger partial charge on any atom is -0.420 e. The van der Waals surface area contributed by atoms with Gasteiger partial charge in [0.25, 0.3) is 11.9 Å². The molecule has 46 heavy (non-hydrogen) atoms. The first-order valence-corrected chi connectivity index (χ1v) is 15.3. The molecule has 2 saturated heterocycles. The fourth-order valence-electron chi connectivity index (χ4n) is 6.04. The number of aromatic nitrogens is 2. The van der Waals surface area contributed by atoms with Gasteiger partial charge in [-0.25, -0.2) is 4.98 Å². The van der Waals surface area contributed by atoms with E-state index < -0.39 is 29.5 Å². The van der Waals surface area contributed by atoms with Gasteiger partial charge in [0.2, 0.25) is 11.5 Å². The fourth-order valence-corrected chi connectivity index (χ4v) is 6.04. The molecular formula is C34H34F3N5O4. The van der Waals surface area contributed by atoms with Gasteiger partial charge in [-0.2, -0.15) is 18.2 Å². The van der Waals surface area contributed by atoms with E-state index in [9.17, 15) is 27.9 Å². The molecule has 0 aliphatic carbocycles. The lowest BCUT2D eigenvalue weighted by molar-refractivity contribution is -0.142. The van der Waals surface area contributed by atoms with Crippen LogP contribution >= 0.6 is 0 Å². The Labute approximate surface area is 264 Å². The number of pyridine rings is 1. The molecule has 2 aliphatic heterocycles. The second-order valence-electron chi connectivity index (χ2n) is 11.6. The molecule has 4 aromatic rings. The van der Waals surface area contributed by atoms with E-state index in [0.717, 1.165) is 12.8 Å². The number of oxazole rings is 1. The maximum absolute atomic E-state index is 13.9. The second kappa shape index (κ2) is 13.3. The van der Waals surface area contributed by atoms with Crippen molar-refractivity contribution in [2.24, 2.45) is 0 Å². The van der Waals surface area contributed by atoms with Crippen molar-refractivity contribution in [1.82, 2.24) is 14.9 Å². The molecule has 0 bridgehead atoms. The number of rotatable bonds is 8. The summed E-state index contributed by atoms with van der Waals surface area (Å²) in [4.78, 5) is 39.3. The number of hydrogen-bond donors (Lipinski definition) is 1. The van der Waals surface area contributed by atoms with Crippen molar-refractivity contribution in [1.29, 1.82) is 0 Å². The zero-order valence-corrected chi connectivity index (χ0v) is 25.1. The van der Waals surface area contributed by atoms with E-state index in [0.29, 0.717) is 62.1 Å². The van der Waals surface area contributed by atoms with Gasteiger partial charge < -0.3 is 24.2 Å². The van der Waals surface area contributed by atoms with Crippen molar-refractivity contribution in [3.8, 4) is 0 Å². The van der Waals surface area contributed by atoms with Crippen molar-refractivity contribution in [3.63, 3.8) is 0 Å². The zero-order chi connectivity index (χ0) is 32.3. The molecule has 0 unspecified atom stereocenters. The van der Waals surface area contributed by atoms with Crippen LogP contribution in [0.5, 0.6) is 0 Å². The summed E-state index contributed by atoms with van der Waals surface area (Å²) >= 11 is 0. The molecular weight excluding hydrogens is 599 g/mol. The Morgan fingerprint density at radius 2 is 1.52 bits per heavy atom. The third-order valence-electron chi connectivity index (χ3n) is 8.61. The van der Waals surface area contributed by atoms with Crippen LogP contribution in [-0.4, -0.2) is 70.9 Å². The topological polar surface area (TPSA) is 103 Å². The maximum Gasteiger partial charge on any atom is 0.437 e. The van der Waals surface area contributed by atoms with Crippen LogP contribution in [0.15, 0.2) is 83.4 Å². The number of amides is 1. The molecule has 2 aromatic heterocycles. The molecule has 6 rings (SSSR count). The van der Waals surface area contributed by atoms with Gasteiger partial charge in [-0.15, -0.1) is 0 Å². The molecule has 240 valence electrons. The quantitative estimate of drug-likeness (QED) is 0.262. The number of aliphatic hydroxyl groups is 1. The van der Waals surface area contributed by atoms with Gasteiger partial charge in [-0.1, -0.05) is 66.7 Å². The number of Topliss-reactive ketones (excluding diaryl/α,β-unsaturated/α-hetero) is 1. The standard InChI is InChI=1S/C34H34F3N5O4/c35-34(36,37)31-30(46-33(39-31)42-15-13-25(14-16-42)24-7-3-1-4-8-24)27(43)21-23-11-12-28(38-22-23)40-17-19-41(20-18-40)32(45)29(44)26-9-5-2-6-10-26/h1-12,22,25,29,44H,13-21H2/t29-/m1/s1. The third kappa shape index (κ3) is 6.91. The maximum atomic E-state index is 13.9. The van der Waals surface area contributed by atoms with Crippen LogP contribution in [0.25, 0.3) is 0 Å². The van der Waals surface area contributed by atoms with Crippen LogP contribution < -0.4 is 9.80 Å². The lowest BCUT2D eigenvalue weighted by Gasteiger charge is -2.36. The number of alkyl halides is 3. The Morgan fingerprint density at radius 1 is 0.870 bits per heavy atom. The molecule has 2 aliphatic rings. The van der Waals surface area contributed by atoms with Crippen molar-refractivity contribution >= 4 is 23.5 Å². The van der Waals surface area contributed by atoms with Crippen molar-refractivity contribution in [3.05, 3.63) is 107 Å². The first-order chi connectivity index (χ1) is 22.2. The van der Waals surface area contributed by atoms with Crippen molar-refractivity contribution in [2.45, 2.75) is 37.5 Å². The molecule has 0 saturated carbocycles. The lowest BCUT2D eigenvalue weighted by atomic mass is 9.90. The van der Waals surface area contributed by atoms with Crippen LogP contribution in [0, 0.1) is 0 Å². The minimum absolute atomic E-state index is 0.190. The zero-order valence-electron chi connectivity index (χ0n) is 25.1. The Balaban J connectivity index is 1.06. The van der Waals surface area contributed by atoms with Crippen LogP contribution in [0.2, 0.25) is 0 Å². The van der Waals surface area contributed by atoms with Gasteiger partial charge in [0.1, 0.15) is 5.82 Å². The summed E-state index contributed by atoms with van der Waals surface area (Å²) in [5.41, 5.74) is 0.849. The Morgan fingerprint density at radius 3 is 2.13 bits per heavy atom. The molecule has 0 radical (unpaired) electrons. The predicted octanol–water partition coefficient (Wildman–Crippen LogP) is 5.28.